The van der Waals surface area contributed by atoms with E-state index in [1.54, 1.807) is 43.3 Å². The van der Waals surface area contributed by atoms with E-state index in [2.05, 4.69) is 27.9 Å². The van der Waals surface area contributed by atoms with Crippen LogP contribution in [0.15, 0.2) is 54.6 Å². The summed E-state index contributed by atoms with van der Waals surface area (Å²) in [5.74, 6) is -1.81. The highest BCUT2D eigenvalue weighted by atomic mass is 127. The minimum atomic E-state index is -1.13. The highest BCUT2D eigenvalue weighted by Crippen LogP contribution is 2.34. The number of halogens is 1. The van der Waals surface area contributed by atoms with Gasteiger partial charge in [-0.15, -0.1) is 0 Å². The van der Waals surface area contributed by atoms with Crippen molar-refractivity contribution in [2.75, 3.05) is 5.32 Å². The lowest BCUT2D eigenvalue weighted by Gasteiger charge is -2.23. The van der Waals surface area contributed by atoms with Gasteiger partial charge in [0, 0.05) is 32.4 Å². The maximum atomic E-state index is 12.4. The van der Waals surface area contributed by atoms with Crippen LogP contribution in [-0.4, -0.2) is 28.1 Å². The number of phenolic OH excluding ortho intramolecular Hbond substituents is 1. The van der Waals surface area contributed by atoms with Gasteiger partial charge in [-0.2, -0.15) is 0 Å². The minimum Gasteiger partial charge on any atom is -0.508 e. The van der Waals surface area contributed by atoms with Gasteiger partial charge in [-0.3, -0.25) is 10.1 Å². The first-order chi connectivity index (χ1) is 13.7. The van der Waals surface area contributed by atoms with Gasteiger partial charge in [-0.1, -0.05) is 13.0 Å². The van der Waals surface area contributed by atoms with Crippen molar-refractivity contribution >= 4 is 46.1 Å². The fourth-order valence-electron chi connectivity index (χ4n) is 2.59. The Hall–Kier alpha value is -2.88. The number of carboxylic acid groups (broad SMARTS) is 1. The van der Waals surface area contributed by atoms with Crippen molar-refractivity contribution in [3.05, 3.63) is 69.3 Å². The second kappa shape index (κ2) is 10.1. The minimum absolute atomic E-state index is 0.0652. The Morgan fingerprint density at radius 1 is 1.14 bits per heavy atom. The standard InChI is InChI=1S/C21H20INO6/c1-12(3-10-19(26)27)20(17-11-15(22)6-9-18(17)25)29-21(28)23-16-7-4-14(5-8-16)13(2)24/h3-12,20,25H,1-2H3,(H,23,28)(H,26,27)/b10-3+/t12-,20-/m0/s1. The van der Waals surface area contributed by atoms with E-state index in [9.17, 15) is 19.5 Å². The summed E-state index contributed by atoms with van der Waals surface area (Å²) in [4.78, 5) is 34.6. The number of carbonyl (C=O) groups excluding carboxylic acids is 2. The average molecular weight is 509 g/mol. The van der Waals surface area contributed by atoms with Gasteiger partial charge in [0.15, 0.2) is 5.78 Å². The zero-order chi connectivity index (χ0) is 21.6. The number of hydrogen-bond acceptors (Lipinski definition) is 5. The molecule has 7 nitrogen and oxygen atoms in total. The summed E-state index contributed by atoms with van der Waals surface area (Å²) >= 11 is 2.06. The highest BCUT2D eigenvalue weighted by Gasteiger charge is 2.25. The van der Waals surface area contributed by atoms with Crippen LogP contribution in [0.3, 0.4) is 0 Å². The molecule has 0 bridgehead atoms. The lowest BCUT2D eigenvalue weighted by Crippen LogP contribution is -2.21. The number of carbonyl (C=O) groups is 3. The molecule has 2 atom stereocenters. The van der Waals surface area contributed by atoms with Crippen LogP contribution < -0.4 is 5.32 Å². The van der Waals surface area contributed by atoms with Gasteiger partial charge in [0.1, 0.15) is 11.9 Å². The second-order valence-electron chi connectivity index (χ2n) is 6.34. The number of amides is 1. The Bertz CT molecular complexity index is 939. The molecule has 0 aromatic heterocycles. The number of phenols is 1. The average Bonchev–Trinajstić information content (AvgIpc) is 2.66. The fourth-order valence-corrected chi connectivity index (χ4v) is 3.11. The van der Waals surface area contributed by atoms with E-state index in [4.69, 9.17) is 9.84 Å². The smallest absolute Gasteiger partial charge is 0.412 e. The molecule has 0 unspecified atom stereocenters. The van der Waals surface area contributed by atoms with Crippen LogP contribution >= 0.6 is 22.6 Å². The van der Waals surface area contributed by atoms with E-state index < -0.39 is 24.1 Å². The zero-order valence-corrected chi connectivity index (χ0v) is 17.9. The third-order valence-corrected chi connectivity index (χ3v) is 4.76. The van der Waals surface area contributed by atoms with Crippen molar-refractivity contribution in [3.8, 4) is 5.75 Å². The van der Waals surface area contributed by atoms with Gasteiger partial charge in [0.25, 0.3) is 0 Å². The zero-order valence-electron chi connectivity index (χ0n) is 15.8. The Kier molecular flexibility index (Phi) is 7.77. The first-order valence-electron chi connectivity index (χ1n) is 8.65. The third-order valence-electron chi connectivity index (χ3n) is 4.09. The van der Waals surface area contributed by atoms with Gasteiger partial charge < -0.3 is 14.9 Å². The normalized spacial score (nSPS) is 12.9. The summed E-state index contributed by atoms with van der Waals surface area (Å²) < 4.78 is 6.34. The van der Waals surface area contributed by atoms with Gasteiger partial charge >= 0.3 is 12.1 Å². The van der Waals surface area contributed by atoms with E-state index in [0.29, 0.717) is 16.8 Å². The molecule has 0 fully saturated rings. The number of aliphatic carboxylic acids is 1. The predicted octanol–water partition coefficient (Wildman–Crippen LogP) is 4.77. The Labute approximate surface area is 181 Å². The molecule has 8 heteroatoms. The van der Waals surface area contributed by atoms with Crippen LogP contribution in [0.4, 0.5) is 10.5 Å². The fraction of sp³-hybridized carbons (Fsp3) is 0.190. The van der Waals surface area contributed by atoms with Crippen LogP contribution in [0.1, 0.15) is 35.9 Å². The number of benzene rings is 2. The second-order valence-corrected chi connectivity index (χ2v) is 7.59. The Balaban J connectivity index is 2.24. The van der Waals surface area contributed by atoms with Crippen molar-refractivity contribution in [2.24, 2.45) is 5.92 Å². The summed E-state index contributed by atoms with van der Waals surface area (Å²) in [6, 6.07) is 11.2. The van der Waals surface area contributed by atoms with E-state index in [-0.39, 0.29) is 11.5 Å². The van der Waals surface area contributed by atoms with Crippen LogP contribution in [0.2, 0.25) is 0 Å². The molecule has 152 valence electrons. The molecule has 0 aliphatic heterocycles. The molecule has 2 aromatic carbocycles. The predicted molar refractivity (Wildman–Crippen MR) is 116 cm³/mol. The first-order valence-corrected chi connectivity index (χ1v) is 9.73. The van der Waals surface area contributed by atoms with Crippen LogP contribution in [0.25, 0.3) is 0 Å². The van der Waals surface area contributed by atoms with Gasteiger partial charge in [0.2, 0.25) is 0 Å². The monoisotopic (exact) mass is 509 g/mol. The number of ether oxygens (including phenoxy) is 1. The van der Waals surface area contributed by atoms with E-state index >= 15 is 0 Å². The number of anilines is 1. The largest absolute Gasteiger partial charge is 0.508 e. The quantitative estimate of drug-likeness (QED) is 0.282. The van der Waals surface area contributed by atoms with Gasteiger partial charge in [-0.05, 0) is 72.0 Å². The third kappa shape index (κ3) is 6.60. The van der Waals surface area contributed by atoms with E-state index in [1.807, 2.05) is 0 Å². The number of hydrogen-bond donors (Lipinski definition) is 3. The molecule has 0 heterocycles. The lowest BCUT2D eigenvalue weighted by molar-refractivity contribution is -0.131. The molecule has 0 spiro atoms. The van der Waals surface area contributed by atoms with Gasteiger partial charge in [-0.25, -0.2) is 9.59 Å². The summed E-state index contributed by atoms with van der Waals surface area (Å²) in [5.41, 5.74) is 1.30. The summed E-state index contributed by atoms with van der Waals surface area (Å²) in [5, 5.41) is 21.7. The van der Waals surface area contributed by atoms with E-state index in [0.717, 1.165) is 9.65 Å². The molecule has 2 aromatic rings. The number of ketones is 1. The molecule has 0 radical (unpaired) electrons. The highest BCUT2D eigenvalue weighted by molar-refractivity contribution is 14.1. The van der Waals surface area contributed by atoms with Crippen molar-refractivity contribution in [3.63, 3.8) is 0 Å². The number of aromatic hydroxyl groups is 1. The Morgan fingerprint density at radius 2 is 1.79 bits per heavy atom. The molecule has 0 aliphatic carbocycles. The molecular weight excluding hydrogens is 489 g/mol. The molecule has 3 N–H and O–H groups in total. The van der Waals surface area contributed by atoms with Crippen molar-refractivity contribution in [2.45, 2.75) is 20.0 Å². The molecular formula is C21H20INO6. The molecule has 1 amide bonds. The summed E-state index contributed by atoms with van der Waals surface area (Å²) in [6.07, 6.45) is 0.655. The molecule has 29 heavy (non-hydrogen) atoms. The maximum absolute atomic E-state index is 12.4. The van der Waals surface area contributed by atoms with Crippen LogP contribution in [-0.2, 0) is 9.53 Å². The summed E-state index contributed by atoms with van der Waals surface area (Å²) in [7, 11) is 0. The van der Waals surface area contributed by atoms with Crippen LogP contribution in [0, 0.1) is 9.49 Å². The molecule has 0 aliphatic rings. The van der Waals surface area contributed by atoms with E-state index in [1.165, 1.54) is 19.1 Å². The van der Waals surface area contributed by atoms with Crippen molar-refractivity contribution in [1.82, 2.24) is 0 Å². The number of nitrogens with one attached hydrogen (secondary N) is 1. The lowest BCUT2D eigenvalue weighted by atomic mass is 9.96. The number of Topliss-reactive ketones (excluding diaryl/α,β-unsaturated/α-hetero) is 1. The Morgan fingerprint density at radius 3 is 2.38 bits per heavy atom. The SMILES string of the molecule is CC(=O)c1ccc(NC(=O)O[C@H](c2cc(I)ccc2O)[C@@H](C)/C=C/C(=O)O)cc1. The summed E-state index contributed by atoms with van der Waals surface area (Å²) in [6.45, 7) is 3.12. The first kappa shape index (κ1) is 22.4. The topological polar surface area (TPSA) is 113 Å². The molecule has 0 saturated heterocycles. The number of carboxylic acids is 1. The van der Waals surface area contributed by atoms with Crippen LogP contribution in [0.5, 0.6) is 5.75 Å². The number of rotatable bonds is 7. The van der Waals surface area contributed by atoms with Crippen molar-refractivity contribution in [1.29, 1.82) is 0 Å². The van der Waals surface area contributed by atoms with Gasteiger partial charge in [0.05, 0.1) is 0 Å². The molecule has 0 saturated carbocycles. The molecule has 2 rings (SSSR count). The van der Waals surface area contributed by atoms with Crippen molar-refractivity contribution < 1.29 is 29.3 Å². The maximum Gasteiger partial charge on any atom is 0.412 e.